The van der Waals surface area contributed by atoms with Gasteiger partial charge in [0.2, 0.25) is 0 Å². The van der Waals surface area contributed by atoms with Crippen LogP contribution in [0.2, 0.25) is 0 Å². The number of hydrogen-bond acceptors (Lipinski definition) is 5. The van der Waals surface area contributed by atoms with Gasteiger partial charge in [-0.15, -0.1) is 0 Å². The Balaban J connectivity index is 1.56. The van der Waals surface area contributed by atoms with Gasteiger partial charge >= 0.3 is 6.09 Å². The van der Waals surface area contributed by atoms with Crippen molar-refractivity contribution in [3.8, 4) is 5.75 Å². The Bertz CT molecular complexity index is 1050. The van der Waals surface area contributed by atoms with Crippen LogP contribution in [0.3, 0.4) is 0 Å². The summed E-state index contributed by atoms with van der Waals surface area (Å²) in [7, 11) is 0. The summed E-state index contributed by atoms with van der Waals surface area (Å²) >= 11 is 0. The first-order chi connectivity index (χ1) is 16.0. The van der Waals surface area contributed by atoms with E-state index in [9.17, 15) is 4.79 Å². The number of aromatic nitrogens is 1. The smallest absolute Gasteiger partial charge is 0.415 e. The van der Waals surface area contributed by atoms with Crippen LogP contribution in [0.15, 0.2) is 24.3 Å². The topological polar surface area (TPSA) is 54.9 Å². The summed E-state index contributed by atoms with van der Waals surface area (Å²) in [6.45, 7) is 14.0. The van der Waals surface area contributed by atoms with Crippen LogP contribution < -0.4 is 9.64 Å². The number of benzene rings is 1. The summed E-state index contributed by atoms with van der Waals surface area (Å²) in [6.07, 6.45) is 1.69. The van der Waals surface area contributed by atoms with Gasteiger partial charge in [-0.1, -0.05) is 0 Å². The zero-order valence-electron chi connectivity index (χ0n) is 21.2. The normalized spacial score (nSPS) is 19.9. The predicted molar refractivity (Wildman–Crippen MR) is 131 cm³/mol. The molecule has 1 aromatic heterocycles. The molecule has 4 rings (SSSR count). The van der Waals surface area contributed by atoms with Crippen LogP contribution in [-0.2, 0) is 4.74 Å². The molecular formula is C27H36FN3O3. The summed E-state index contributed by atoms with van der Waals surface area (Å²) in [6, 6.07) is 7.41. The number of pyridine rings is 1. The van der Waals surface area contributed by atoms with E-state index in [0.29, 0.717) is 36.1 Å². The van der Waals surface area contributed by atoms with E-state index in [2.05, 4.69) is 22.0 Å². The number of amides is 1. The minimum atomic E-state index is -0.626. The van der Waals surface area contributed by atoms with E-state index < -0.39 is 11.7 Å². The zero-order chi connectivity index (χ0) is 24.6. The molecule has 184 valence electrons. The molecule has 2 unspecified atom stereocenters. The number of carbonyl (C=O) groups excluding carboxylic acids is 1. The highest BCUT2D eigenvalue weighted by Gasteiger charge is 2.32. The van der Waals surface area contributed by atoms with E-state index in [1.165, 1.54) is 16.5 Å². The van der Waals surface area contributed by atoms with E-state index in [-0.39, 0.29) is 11.9 Å². The van der Waals surface area contributed by atoms with Gasteiger partial charge in [0, 0.05) is 35.6 Å². The van der Waals surface area contributed by atoms with E-state index >= 15 is 4.39 Å². The lowest BCUT2D eigenvalue weighted by atomic mass is 9.89. The van der Waals surface area contributed by atoms with Crippen molar-refractivity contribution in [2.24, 2.45) is 0 Å². The lowest BCUT2D eigenvalue weighted by Crippen LogP contribution is -2.41. The zero-order valence-corrected chi connectivity index (χ0v) is 21.2. The molecule has 0 aliphatic carbocycles. The van der Waals surface area contributed by atoms with Crippen LogP contribution in [0.5, 0.6) is 5.75 Å². The fraction of sp³-hybridized carbons (Fsp3) is 0.556. The third kappa shape index (κ3) is 5.35. The molecule has 0 saturated carbocycles. The second-order valence-electron chi connectivity index (χ2n) is 10.5. The average Bonchev–Trinajstić information content (AvgIpc) is 2.76. The number of halogens is 1. The van der Waals surface area contributed by atoms with Crippen molar-refractivity contribution in [1.29, 1.82) is 0 Å². The minimum Gasteiger partial charge on any atom is -0.490 e. The summed E-state index contributed by atoms with van der Waals surface area (Å²) in [4.78, 5) is 21.0. The van der Waals surface area contributed by atoms with Crippen molar-refractivity contribution >= 4 is 11.8 Å². The van der Waals surface area contributed by atoms with Gasteiger partial charge in [-0.3, -0.25) is 14.8 Å². The number of piperidine rings is 1. The van der Waals surface area contributed by atoms with Gasteiger partial charge in [-0.2, -0.15) is 0 Å². The molecule has 2 aliphatic heterocycles. The molecule has 7 heteroatoms. The fourth-order valence-electron chi connectivity index (χ4n) is 5.01. The first-order valence-corrected chi connectivity index (χ1v) is 12.2. The van der Waals surface area contributed by atoms with Crippen molar-refractivity contribution in [2.75, 3.05) is 31.1 Å². The maximum absolute atomic E-state index is 15.4. The maximum Gasteiger partial charge on any atom is 0.415 e. The lowest BCUT2D eigenvalue weighted by molar-refractivity contribution is 0.0567. The largest absolute Gasteiger partial charge is 0.490 e. The standard InChI is InChI=1S/C27H36FN3O3/c1-17-12-21(13-18(2)29-17)20-8-7-9-30(16-20)19(3)22-14-25-24(15-23(22)28)31(10-11-33-25)26(32)34-27(4,5)6/h12-15,19-20H,7-11,16H2,1-6H3. The Morgan fingerprint density at radius 3 is 2.56 bits per heavy atom. The Hall–Kier alpha value is -2.67. The summed E-state index contributed by atoms with van der Waals surface area (Å²) in [5, 5.41) is 0. The van der Waals surface area contributed by atoms with Crippen LogP contribution in [0.1, 0.15) is 75.0 Å². The highest BCUT2D eigenvalue weighted by molar-refractivity contribution is 5.90. The molecule has 1 fully saturated rings. The number of rotatable bonds is 3. The molecule has 2 aliphatic rings. The van der Waals surface area contributed by atoms with Gasteiger partial charge < -0.3 is 9.47 Å². The number of hydrogen-bond donors (Lipinski definition) is 0. The molecule has 6 nitrogen and oxygen atoms in total. The lowest BCUT2D eigenvalue weighted by Gasteiger charge is -2.38. The molecule has 1 amide bonds. The molecule has 1 aromatic carbocycles. The Morgan fingerprint density at radius 1 is 1.18 bits per heavy atom. The Labute approximate surface area is 202 Å². The van der Waals surface area contributed by atoms with Gasteiger partial charge in [-0.05, 0) is 90.6 Å². The predicted octanol–water partition coefficient (Wildman–Crippen LogP) is 5.91. The molecule has 3 heterocycles. The van der Waals surface area contributed by atoms with Crippen LogP contribution in [-0.4, -0.2) is 47.8 Å². The van der Waals surface area contributed by atoms with Gasteiger partial charge in [0.25, 0.3) is 0 Å². The molecule has 1 saturated heterocycles. The first-order valence-electron chi connectivity index (χ1n) is 12.2. The Morgan fingerprint density at radius 2 is 1.88 bits per heavy atom. The molecule has 0 N–H and O–H groups in total. The number of ether oxygens (including phenoxy) is 2. The second-order valence-corrected chi connectivity index (χ2v) is 10.5. The number of anilines is 1. The van der Waals surface area contributed by atoms with E-state index in [4.69, 9.17) is 9.47 Å². The van der Waals surface area contributed by atoms with Gasteiger partial charge in [0.15, 0.2) is 0 Å². The van der Waals surface area contributed by atoms with Crippen molar-refractivity contribution in [3.05, 3.63) is 52.6 Å². The summed E-state index contributed by atoms with van der Waals surface area (Å²) in [5.41, 5.74) is 3.77. The number of likely N-dealkylation sites (tertiary alicyclic amines) is 1. The molecule has 34 heavy (non-hydrogen) atoms. The van der Waals surface area contributed by atoms with E-state index in [0.717, 1.165) is 37.3 Å². The van der Waals surface area contributed by atoms with Crippen LogP contribution in [0.25, 0.3) is 0 Å². The quantitative estimate of drug-likeness (QED) is 0.559. The van der Waals surface area contributed by atoms with Crippen molar-refractivity contribution in [2.45, 2.75) is 71.9 Å². The minimum absolute atomic E-state index is 0.113. The summed E-state index contributed by atoms with van der Waals surface area (Å²) < 4.78 is 26.8. The first kappa shape index (κ1) is 24.5. The number of nitrogens with zero attached hydrogens (tertiary/aromatic N) is 3. The van der Waals surface area contributed by atoms with Crippen LogP contribution in [0.4, 0.5) is 14.9 Å². The third-order valence-corrected chi connectivity index (χ3v) is 6.58. The van der Waals surface area contributed by atoms with E-state index in [1.807, 2.05) is 41.5 Å². The molecule has 0 spiro atoms. The fourth-order valence-corrected chi connectivity index (χ4v) is 5.01. The van der Waals surface area contributed by atoms with Gasteiger partial charge in [-0.25, -0.2) is 9.18 Å². The highest BCUT2D eigenvalue weighted by atomic mass is 19.1. The van der Waals surface area contributed by atoms with Crippen molar-refractivity contribution < 1.29 is 18.7 Å². The van der Waals surface area contributed by atoms with Crippen LogP contribution in [0, 0.1) is 19.7 Å². The van der Waals surface area contributed by atoms with Gasteiger partial charge in [0.05, 0.1) is 12.2 Å². The molecule has 2 atom stereocenters. The summed E-state index contributed by atoms with van der Waals surface area (Å²) in [5.74, 6) is 0.591. The average molecular weight is 470 g/mol. The monoisotopic (exact) mass is 469 g/mol. The van der Waals surface area contributed by atoms with Crippen LogP contribution >= 0.6 is 0 Å². The van der Waals surface area contributed by atoms with Crippen molar-refractivity contribution in [3.63, 3.8) is 0 Å². The highest BCUT2D eigenvalue weighted by Crippen LogP contribution is 2.39. The Kier molecular flexibility index (Phi) is 6.85. The molecule has 2 aromatic rings. The van der Waals surface area contributed by atoms with E-state index in [1.54, 1.807) is 6.07 Å². The number of fused-ring (bicyclic) bond motifs is 1. The van der Waals surface area contributed by atoms with Gasteiger partial charge in [0.1, 0.15) is 23.8 Å². The molecular weight excluding hydrogens is 433 g/mol. The van der Waals surface area contributed by atoms with Crippen molar-refractivity contribution in [1.82, 2.24) is 9.88 Å². The second kappa shape index (κ2) is 9.53. The maximum atomic E-state index is 15.4. The number of carbonyl (C=O) groups is 1. The third-order valence-electron chi connectivity index (χ3n) is 6.58. The molecule has 0 bridgehead atoms. The SMILES string of the molecule is Cc1cc(C2CCCN(C(C)c3cc4c(cc3F)N(C(=O)OC(C)(C)C)CCO4)C2)cc(C)n1. The molecule has 0 radical (unpaired) electrons. The number of aryl methyl sites for hydroxylation is 2.